The van der Waals surface area contributed by atoms with Gasteiger partial charge in [-0.15, -0.1) is 0 Å². The number of piperazine rings is 1. The topological polar surface area (TPSA) is 115 Å². The molecule has 0 saturated carbocycles. The van der Waals surface area contributed by atoms with Crippen molar-refractivity contribution < 1.29 is 50.4 Å². The van der Waals surface area contributed by atoms with E-state index in [1.54, 1.807) is 69.1 Å². The number of hydrogen-bond acceptors (Lipinski definition) is 12. The average Bonchev–Trinajstić information content (AvgIpc) is 3.84. The molecule has 0 unspecified atom stereocenters. The van der Waals surface area contributed by atoms with Crippen molar-refractivity contribution in [3.05, 3.63) is 99.6 Å². The highest BCUT2D eigenvalue weighted by atomic mass is 35.5. The van der Waals surface area contributed by atoms with Crippen LogP contribution in [-0.2, 0) is 24.0 Å². The number of hydrogen-bond donors (Lipinski definition) is 0. The molecule has 0 bridgehead atoms. The van der Waals surface area contributed by atoms with E-state index >= 15 is 17.6 Å². The first-order valence-corrected chi connectivity index (χ1v) is 24.5. The van der Waals surface area contributed by atoms with Crippen molar-refractivity contribution >= 4 is 40.2 Å². The summed E-state index contributed by atoms with van der Waals surface area (Å²) >= 11 is 7.31. The second-order valence-corrected chi connectivity index (χ2v) is 20.6. The number of benzene rings is 3. The number of pyridine rings is 1. The standard InChI is InChI=1S/C53H59ClF5N7O6/c1-9-37-38-28-70-47-41-46(61-49(71-29-52-19-10-20-64(52)27-34(22-52)23-55)62-48(41)65(38)24-31(3)66(37)50(67)72-51(4,5)6)44(56)40(43(47)54)45-42(53(57,58)59)30(2)21-39(60-45)63(25-32-11-15-35(68-7)16-12-32)26-33-13-17-36(69-8)18-14-33/h11-18,21,23,31,37-38H,9-10,19-20,22,24-29H2,1-8H3/b34-23-/t31-,37+,38-,52+/m1/s1. The van der Waals surface area contributed by atoms with Gasteiger partial charge in [-0.3, -0.25) is 9.80 Å². The van der Waals surface area contributed by atoms with Crippen molar-refractivity contribution in [2.75, 3.05) is 56.9 Å². The zero-order chi connectivity index (χ0) is 51.4. The molecule has 0 spiro atoms. The van der Waals surface area contributed by atoms with Crippen molar-refractivity contribution in [2.24, 2.45) is 0 Å². The molecule has 4 aliphatic heterocycles. The van der Waals surface area contributed by atoms with Gasteiger partial charge in [0.25, 0.3) is 0 Å². The van der Waals surface area contributed by atoms with E-state index < -0.39 is 74.7 Å². The van der Waals surface area contributed by atoms with Gasteiger partial charge in [0.15, 0.2) is 11.6 Å². The lowest BCUT2D eigenvalue weighted by Gasteiger charge is -2.50. The highest BCUT2D eigenvalue weighted by Crippen LogP contribution is 2.52. The lowest BCUT2D eigenvalue weighted by Crippen LogP contribution is -2.66. The predicted octanol–water partition coefficient (Wildman–Crippen LogP) is 11.5. The van der Waals surface area contributed by atoms with Gasteiger partial charge in [0.05, 0.1) is 71.4 Å². The van der Waals surface area contributed by atoms with Crippen LogP contribution in [0.25, 0.3) is 22.2 Å². The highest BCUT2D eigenvalue weighted by molar-refractivity contribution is 6.36. The van der Waals surface area contributed by atoms with Crippen LogP contribution in [0.3, 0.4) is 0 Å². The fourth-order valence-corrected chi connectivity index (χ4v) is 11.2. The number of nitrogens with zero attached hydrogens (tertiary/aromatic N) is 7. The van der Waals surface area contributed by atoms with Gasteiger partial charge < -0.3 is 33.5 Å². The molecule has 6 heterocycles. The van der Waals surface area contributed by atoms with Crippen LogP contribution in [0.2, 0.25) is 5.02 Å². The Balaban J connectivity index is 1.23. The zero-order valence-electron chi connectivity index (χ0n) is 41.6. The molecule has 0 aliphatic carbocycles. The summed E-state index contributed by atoms with van der Waals surface area (Å²) in [5, 5.41) is -0.443. The summed E-state index contributed by atoms with van der Waals surface area (Å²) in [6, 6.07) is 14.0. The molecule has 0 radical (unpaired) electrons. The van der Waals surface area contributed by atoms with Gasteiger partial charge >= 0.3 is 18.3 Å². The van der Waals surface area contributed by atoms with E-state index in [1.165, 1.54) is 13.0 Å². The Bertz CT molecular complexity index is 2830. The third kappa shape index (κ3) is 9.63. The number of anilines is 2. The summed E-state index contributed by atoms with van der Waals surface area (Å²) < 4.78 is 109. The van der Waals surface area contributed by atoms with Crippen molar-refractivity contribution in [3.8, 4) is 34.5 Å². The molecule has 1 amide bonds. The number of carbonyl (C=O) groups is 1. The number of ether oxygens (including phenoxy) is 5. The van der Waals surface area contributed by atoms with Crippen LogP contribution in [0.1, 0.15) is 82.6 Å². The van der Waals surface area contributed by atoms with E-state index in [-0.39, 0.29) is 67.2 Å². The highest BCUT2D eigenvalue weighted by Gasteiger charge is 2.49. The van der Waals surface area contributed by atoms with Gasteiger partial charge in [-0.2, -0.15) is 23.1 Å². The first-order valence-electron chi connectivity index (χ1n) is 24.2. The lowest BCUT2D eigenvalue weighted by atomic mass is 9.94. The molecule has 3 fully saturated rings. The van der Waals surface area contributed by atoms with Crippen molar-refractivity contribution in [3.63, 3.8) is 0 Å². The van der Waals surface area contributed by atoms with Crippen LogP contribution in [0.15, 0.2) is 66.5 Å². The SMILES string of the molecule is CC[C@H]1[C@H]2COc3c(Cl)c(-c4nc(N(Cc5ccc(OC)cc5)Cc5ccc(OC)cc5)cc(C)c4C(F)(F)F)c(F)c4nc(OC[C@@]56CCCN5C/C(=C\F)C6)nc(c34)N2C[C@@H](C)N1C(=O)OC(C)(C)C. The molecule has 3 saturated heterocycles. The maximum Gasteiger partial charge on any atom is 0.418 e. The Labute approximate surface area is 420 Å². The van der Waals surface area contributed by atoms with Gasteiger partial charge in [0, 0.05) is 26.2 Å². The second-order valence-electron chi connectivity index (χ2n) is 20.2. The number of aryl methyl sites for hydroxylation is 1. The molecule has 0 N–H and O–H groups in total. The van der Waals surface area contributed by atoms with Crippen molar-refractivity contribution in [1.29, 1.82) is 0 Å². The van der Waals surface area contributed by atoms with Gasteiger partial charge in [-0.1, -0.05) is 42.8 Å². The predicted molar refractivity (Wildman–Crippen MR) is 264 cm³/mol. The average molecular weight is 1020 g/mol. The summed E-state index contributed by atoms with van der Waals surface area (Å²) in [5.74, 6) is 0.170. The minimum atomic E-state index is -5.04. The van der Waals surface area contributed by atoms with Crippen LogP contribution in [0, 0.1) is 12.7 Å². The molecule has 5 aromatic rings. The summed E-state index contributed by atoms with van der Waals surface area (Å²) in [6.45, 7) is 12.1. The maximum absolute atomic E-state index is 18.3. The number of carbonyl (C=O) groups excluding carboxylic acids is 1. The molecule has 13 nitrogen and oxygen atoms in total. The fraction of sp³-hybridized carbons (Fsp3) is 0.472. The van der Waals surface area contributed by atoms with Gasteiger partial charge in [-0.25, -0.2) is 18.6 Å². The number of fused-ring (bicyclic) bond motifs is 3. The zero-order valence-corrected chi connectivity index (χ0v) is 42.4. The summed E-state index contributed by atoms with van der Waals surface area (Å²) in [5.41, 5.74) is -2.44. The third-order valence-electron chi connectivity index (χ3n) is 14.2. The molecule has 3 aromatic carbocycles. The first kappa shape index (κ1) is 50.8. The van der Waals surface area contributed by atoms with Gasteiger partial charge in [0.1, 0.15) is 47.5 Å². The Kier molecular flexibility index (Phi) is 13.9. The number of methoxy groups -OCH3 is 2. The number of alkyl halides is 3. The van der Waals surface area contributed by atoms with Crippen LogP contribution in [-0.4, -0.2) is 107 Å². The maximum atomic E-state index is 18.3. The van der Waals surface area contributed by atoms with Crippen LogP contribution >= 0.6 is 11.6 Å². The second kappa shape index (κ2) is 19.7. The van der Waals surface area contributed by atoms with Crippen LogP contribution < -0.4 is 28.7 Å². The third-order valence-corrected chi connectivity index (χ3v) is 14.6. The molecule has 4 atom stereocenters. The molecule has 9 rings (SSSR count). The number of aromatic nitrogens is 3. The Hall–Kier alpha value is -6.14. The Morgan fingerprint density at radius 3 is 2.24 bits per heavy atom. The van der Waals surface area contributed by atoms with Crippen LogP contribution in [0.4, 0.5) is 38.4 Å². The normalized spacial score (nSPS) is 21.6. The van der Waals surface area contributed by atoms with E-state index in [2.05, 4.69) is 9.88 Å². The minimum Gasteiger partial charge on any atom is -0.497 e. The lowest BCUT2D eigenvalue weighted by molar-refractivity contribution is -0.137. The summed E-state index contributed by atoms with van der Waals surface area (Å²) in [6.07, 6.45) is -2.53. The van der Waals surface area contributed by atoms with Crippen molar-refractivity contribution in [1.82, 2.24) is 24.8 Å². The van der Waals surface area contributed by atoms with Crippen molar-refractivity contribution in [2.45, 2.75) is 116 Å². The monoisotopic (exact) mass is 1020 g/mol. The van der Waals surface area contributed by atoms with E-state index in [0.29, 0.717) is 49.2 Å². The van der Waals surface area contributed by atoms with E-state index in [4.69, 9.17) is 45.3 Å². The number of halogens is 6. The summed E-state index contributed by atoms with van der Waals surface area (Å²) in [7, 11) is 3.10. The molecule has 72 heavy (non-hydrogen) atoms. The Morgan fingerprint density at radius 2 is 1.65 bits per heavy atom. The quantitative estimate of drug-likeness (QED) is 0.111. The molecule has 4 aliphatic rings. The molecule has 2 aromatic heterocycles. The van der Waals surface area contributed by atoms with Gasteiger partial charge in [0.2, 0.25) is 0 Å². The molecule has 19 heteroatoms. The number of rotatable bonds is 12. The van der Waals surface area contributed by atoms with E-state index in [0.717, 1.165) is 24.1 Å². The minimum absolute atomic E-state index is 0.0233. The summed E-state index contributed by atoms with van der Waals surface area (Å²) in [4.78, 5) is 35.8. The largest absolute Gasteiger partial charge is 0.497 e. The van der Waals surface area contributed by atoms with Gasteiger partial charge in [-0.05, 0) is 119 Å². The fourth-order valence-electron chi connectivity index (χ4n) is 10.9. The van der Waals surface area contributed by atoms with E-state index in [9.17, 15) is 9.18 Å². The molecular weight excluding hydrogens is 961 g/mol. The first-order chi connectivity index (χ1) is 34.3. The Morgan fingerprint density at radius 1 is 1.00 bits per heavy atom. The van der Waals surface area contributed by atoms with Crippen LogP contribution in [0.5, 0.6) is 23.3 Å². The van der Waals surface area contributed by atoms with E-state index in [1.807, 2.05) is 43.0 Å². The number of amides is 1. The molecule has 384 valence electrons. The smallest absolute Gasteiger partial charge is 0.418 e. The molecular formula is C53H59ClF5N7O6.